The number of nitrogens with zero attached hydrogens (tertiary/aromatic N) is 1. The van der Waals surface area contributed by atoms with Crippen LogP contribution < -0.4 is 4.74 Å². The van der Waals surface area contributed by atoms with Gasteiger partial charge in [-0.2, -0.15) is 0 Å². The second-order valence-corrected chi connectivity index (χ2v) is 7.53. The van der Waals surface area contributed by atoms with Crippen molar-refractivity contribution in [3.05, 3.63) is 69.7 Å². The number of halogens is 1. The van der Waals surface area contributed by atoms with Gasteiger partial charge in [-0.15, -0.1) is 0 Å². The van der Waals surface area contributed by atoms with Gasteiger partial charge in [0.05, 0.1) is 18.7 Å². The molecule has 0 spiro atoms. The summed E-state index contributed by atoms with van der Waals surface area (Å²) in [5.41, 5.74) is 1.28. The van der Waals surface area contributed by atoms with Gasteiger partial charge >= 0.3 is 0 Å². The van der Waals surface area contributed by atoms with Crippen molar-refractivity contribution in [1.29, 1.82) is 0 Å². The Balaban J connectivity index is 2.09. The Morgan fingerprint density at radius 3 is 2.31 bits per heavy atom. The van der Waals surface area contributed by atoms with Gasteiger partial charge in [0.25, 0.3) is 11.7 Å². The van der Waals surface area contributed by atoms with Gasteiger partial charge < -0.3 is 19.5 Å². The molecule has 29 heavy (non-hydrogen) atoms. The zero-order valence-corrected chi connectivity index (χ0v) is 17.8. The number of carbonyl (C=O) groups excluding carboxylic acids is 2. The molecule has 6 nitrogen and oxygen atoms in total. The van der Waals surface area contributed by atoms with E-state index in [9.17, 15) is 14.7 Å². The molecule has 0 aliphatic carbocycles. The fraction of sp³-hybridized carbons (Fsp3) is 0.273. The number of amides is 1. The van der Waals surface area contributed by atoms with E-state index < -0.39 is 17.7 Å². The Morgan fingerprint density at radius 2 is 1.72 bits per heavy atom. The maximum atomic E-state index is 12.9. The molecule has 1 heterocycles. The van der Waals surface area contributed by atoms with Gasteiger partial charge in [0.2, 0.25) is 0 Å². The normalized spacial score (nSPS) is 18.3. The number of aliphatic hydroxyl groups is 1. The van der Waals surface area contributed by atoms with Crippen LogP contribution in [0.2, 0.25) is 0 Å². The summed E-state index contributed by atoms with van der Waals surface area (Å²) in [4.78, 5) is 27.1. The average molecular weight is 460 g/mol. The van der Waals surface area contributed by atoms with E-state index in [0.29, 0.717) is 30.9 Å². The first-order valence-corrected chi connectivity index (χ1v) is 9.94. The molecule has 3 rings (SSSR count). The van der Waals surface area contributed by atoms with E-state index in [1.165, 1.54) is 4.90 Å². The zero-order valence-electron chi connectivity index (χ0n) is 16.2. The number of likely N-dealkylation sites (tertiary alicyclic amines) is 1. The first-order chi connectivity index (χ1) is 14.0. The van der Waals surface area contributed by atoms with Crippen LogP contribution >= 0.6 is 15.9 Å². The number of hydrogen-bond donors (Lipinski definition) is 1. The molecule has 0 bridgehead atoms. The van der Waals surface area contributed by atoms with Gasteiger partial charge in [0.15, 0.2) is 0 Å². The summed E-state index contributed by atoms with van der Waals surface area (Å²) in [6.45, 7) is 0.813. The van der Waals surface area contributed by atoms with E-state index in [0.717, 1.165) is 10.0 Å². The van der Waals surface area contributed by atoms with Gasteiger partial charge in [-0.3, -0.25) is 9.59 Å². The number of ether oxygens (including phenoxy) is 2. The van der Waals surface area contributed by atoms with Crippen molar-refractivity contribution in [3.8, 4) is 5.75 Å². The van der Waals surface area contributed by atoms with Crippen molar-refractivity contribution >= 4 is 33.4 Å². The third kappa shape index (κ3) is 4.36. The quantitative estimate of drug-likeness (QED) is 0.294. The lowest BCUT2D eigenvalue weighted by Crippen LogP contribution is -2.31. The molecule has 7 heteroatoms. The topological polar surface area (TPSA) is 76.1 Å². The fourth-order valence-electron chi connectivity index (χ4n) is 3.39. The monoisotopic (exact) mass is 459 g/mol. The summed E-state index contributed by atoms with van der Waals surface area (Å²) in [6.07, 6.45) is 0.582. The van der Waals surface area contributed by atoms with Crippen LogP contribution in [-0.4, -0.2) is 49.1 Å². The molecule has 1 saturated heterocycles. The number of carbonyl (C=O) groups is 2. The van der Waals surface area contributed by atoms with Crippen LogP contribution in [0.3, 0.4) is 0 Å². The number of hydrogen-bond acceptors (Lipinski definition) is 5. The van der Waals surface area contributed by atoms with Crippen LogP contribution in [0, 0.1) is 0 Å². The number of benzene rings is 2. The summed E-state index contributed by atoms with van der Waals surface area (Å²) in [5, 5.41) is 11.0. The summed E-state index contributed by atoms with van der Waals surface area (Å²) < 4.78 is 11.1. The van der Waals surface area contributed by atoms with Crippen molar-refractivity contribution in [1.82, 2.24) is 4.90 Å². The molecule has 1 aliphatic heterocycles. The minimum absolute atomic E-state index is 0.0832. The Hall–Kier alpha value is -2.64. The zero-order chi connectivity index (χ0) is 21.0. The van der Waals surface area contributed by atoms with Gasteiger partial charge in [0, 0.05) is 30.3 Å². The molecule has 2 aromatic carbocycles. The Morgan fingerprint density at radius 1 is 1.07 bits per heavy atom. The molecule has 1 amide bonds. The average Bonchev–Trinajstić information content (AvgIpc) is 2.99. The molecule has 2 aromatic rings. The molecule has 0 radical (unpaired) electrons. The smallest absolute Gasteiger partial charge is 0.295 e. The maximum Gasteiger partial charge on any atom is 0.295 e. The number of rotatable bonds is 7. The lowest BCUT2D eigenvalue weighted by Gasteiger charge is -2.25. The maximum absolute atomic E-state index is 12.9. The number of ketones is 1. The molecule has 1 fully saturated rings. The van der Waals surface area contributed by atoms with Crippen LogP contribution in [-0.2, 0) is 14.3 Å². The lowest BCUT2D eigenvalue weighted by atomic mass is 9.95. The molecule has 152 valence electrons. The molecule has 1 aliphatic rings. The van der Waals surface area contributed by atoms with Crippen LogP contribution in [0.4, 0.5) is 0 Å². The van der Waals surface area contributed by atoms with Crippen molar-refractivity contribution < 1.29 is 24.2 Å². The number of Topliss-reactive ketones (excluding diaryl/α,β-unsaturated/α-hetero) is 1. The number of aliphatic hydroxyl groups excluding tert-OH is 1. The fourth-order valence-corrected chi connectivity index (χ4v) is 3.65. The van der Waals surface area contributed by atoms with Crippen LogP contribution in [0.5, 0.6) is 5.75 Å². The number of methoxy groups -OCH3 is 2. The second-order valence-electron chi connectivity index (χ2n) is 6.62. The molecular weight excluding hydrogens is 438 g/mol. The lowest BCUT2D eigenvalue weighted by molar-refractivity contribution is -0.140. The standard InChI is InChI=1S/C22H22BrNO5/c1-28-13-3-12-24-19(14-4-8-16(23)9-5-14)18(21(26)22(24)27)20(25)15-6-10-17(29-2)11-7-15/h4-11,19,25H,3,12-13H2,1-2H3/t19-/m0/s1. The summed E-state index contributed by atoms with van der Waals surface area (Å²) >= 11 is 3.40. The van der Waals surface area contributed by atoms with Crippen molar-refractivity contribution in [2.24, 2.45) is 0 Å². The molecular formula is C22H22BrNO5. The van der Waals surface area contributed by atoms with Crippen LogP contribution in [0.1, 0.15) is 23.6 Å². The SMILES string of the molecule is COCCCN1C(=O)C(=O)C(=C(O)c2ccc(OC)cc2)[C@@H]1c1ccc(Br)cc1. The summed E-state index contributed by atoms with van der Waals surface area (Å²) in [7, 11) is 3.14. The highest BCUT2D eigenvalue weighted by molar-refractivity contribution is 9.10. The third-order valence-corrected chi connectivity index (χ3v) is 5.37. The molecule has 0 unspecified atom stereocenters. The van der Waals surface area contributed by atoms with E-state index >= 15 is 0 Å². The third-order valence-electron chi connectivity index (χ3n) is 4.84. The van der Waals surface area contributed by atoms with E-state index in [4.69, 9.17) is 9.47 Å². The first-order valence-electron chi connectivity index (χ1n) is 9.15. The van der Waals surface area contributed by atoms with Crippen molar-refractivity contribution in [2.45, 2.75) is 12.5 Å². The highest BCUT2D eigenvalue weighted by atomic mass is 79.9. The molecule has 1 atom stereocenters. The Bertz CT molecular complexity index is 921. The largest absolute Gasteiger partial charge is 0.507 e. The summed E-state index contributed by atoms with van der Waals surface area (Å²) in [5.74, 6) is -0.882. The molecule has 0 aromatic heterocycles. The van der Waals surface area contributed by atoms with E-state index in [2.05, 4.69) is 15.9 Å². The van der Waals surface area contributed by atoms with E-state index in [1.807, 2.05) is 24.3 Å². The van der Waals surface area contributed by atoms with Gasteiger partial charge in [-0.1, -0.05) is 28.1 Å². The predicted octanol–water partition coefficient (Wildman–Crippen LogP) is 3.92. The highest BCUT2D eigenvalue weighted by Crippen LogP contribution is 2.39. The van der Waals surface area contributed by atoms with Crippen LogP contribution in [0.25, 0.3) is 5.76 Å². The summed E-state index contributed by atoms with van der Waals surface area (Å²) in [6, 6.07) is 13.4. The predicted molar refractivity (Wildman–Crippen MR) is 113 cm³/mol. The van der Waals surface area contributed by atoms with Crippen LogP contribution in [0.15, 0.2) is 58.6 Å². The second kappa shape index (κ2) is 9.24. The van der Waals surface area contributed by atoms with Crippen molar-refractivity contribution in [2.75, 3.05) is 27.4 Å². The van der Waals surface area contributed by atoms with E-state index in [-0.39, 0.29) is 11.3 Å². The molecule has 1 N–H and O–H groups in total. The Kier molecular flexibility index (Phi) is 6.71. The molecule has 0 saturated carbocycles. The minimum Gasteiger partial charge on any atom is -0.507 e. The van der Waals surface area contributed by atoms with Crippen molar-refractivity contribution in [3.63, 3.8) is 0 Å². The van der Waals surface area contributed by atoms with Gasteiger partial charge in [-0.25, -0.2) is 0 Å². The van der Waals surface area contributed by atoms with E-state index in [1.54, 1.807) is 38.5 Å². The van der Waals surface area contributed by atoms with Gasteiger partial charge in [0.1, 0.15) is 11.5 Å². The minimum atomic E-state index is -0.691. The first kappa shape index (κ1) is 21.1. The highest BCUT2D eigenvalue weighted by Gasteiger charge is 2.45. The van der Waals surface area contributed by atoms with Gasteiger partial charge in [-0.05, 0) is 48.4 Å². The Labute approximate surface area is 177 Å².